The Morgan fingerprint density at radius 2 is 1.70 bits per heavy atom. The van der Waals surface area contributed by atoms with Gasteiger partial charge >= 0.3 is 6.09 Å². The lowest BCUT2D eigenvalue weighted by atomic mass is 9.63. The number of likely N-dealkylation sites (tertiary alicyclic amines) is 1. The van der Waals surface area contributed by atoms with Crippen molar-refractivity contribution in [1.29, 1.82) is 0 Å². The summed E-state index contributed by atoms with van der Waals surface area (Å²) in [6, 6.07) is 10.1. The van der Waals surface area contributed by atoms with Crippen LogP contribution in [0.2, 0.25) is 0 Å². The molecular formula is C16H21NO3. The predicted molar refractivity (Wildman–Crippen MR) is 75.6 cm³/mol. The smallest absolute Gasteiger partial charge is 0.407 e. The number of benzene rings is 1. The van der Waals surface area contributed by atoms with Crippen LogP contribution in [0.4, 0.5) is 4.79 Å². The summed E-state index contributed by atoms with van der Waals surface area (Å²) < 4.78 is 0. The van der Waals surface area contributed by atoms with E-state index in [1.807, 2.05) is 18.2 Å². The molecule has 0 bridgehead atoms. The molecule has 1 saturated carbocycles. The maximum Gasteiger partial charge on any atom is 0.407 e. The molecule has 1 amide bonds. The summed E-state index contributed by atoms with van der Waals surface area (Å²) in [5.74, 6) is 0. The molecule has 108 valence electrons. The number of rotatable bonds is 2. The van der Waals surface area contributed by atoms with Crippen LogP contribution in [0.5, 0.6) is 0 Å². The Bertz CT molecular complexity index is 484. The molecule has 0 radical (unpaired) electrons. The first-order valence-electron chi connectivity index (χ1n) is 7.25. The van der Waals surface area contributed by atoms with Crippen molar-refractivity contribution in [3.63, 3.8) is 0 Å². The molecule has 0 atom stereocenters. The zero-order valence-electron chi connectivity index (χ0n) is 11.6. The van der Waals surface area contributed by atoms with Crippen molar-refractivity contribution in [2.24, 2.45) is 5.41 Å². The maximum absolute atomic E-state index is 10.9. The fourth-order valence-electron chi connectivity index (χ4n) is 3.61. The molecule has 2 N–H and O–H groups in total. The minimum Gasteiger partial charge on any atom is -0.465 e. The second-order valence-corrected chi connectivity index (χ2v) is 6.53. The third-order valence-electron chi connectivity index (χ3n) is 4.94. The van der Waals surface area contributed by atoms with Gasteiger partial charge in [-0.05, 0) is 31.2 Å². The number of hydrogen-bond donors (Lipinski definition) is 2. The van der Waals surface area contributed by atoms with Crippen LogP contribution in [0.1, 0.15) is 31.2 Å². The Hall–Kier alpha value is -1.55. The first kappa shape index (κ1) is 13.4. The van der Waals surface area contributed by atoms with Crippen LogP contribution in [0.3, 0.4) is 0 Å². The standard InChI is InChI=1S/C16H21NO3/c18-14(19)17-11-15(12-17)6-8-16(20,9-7-15)10-13-4-2-1-3-5-13/h1-5,20H,6-12H2,(H,18,19). The quantitative estimate of drug-likeness (QED) is 0.872. The predicted octanol–water partition coefficient (Wildman–Crippen LogP) is 2.51. The lowest BCUT2D eigenvalue weighted by Crippen LogP contribution is -2.60. The average molecular weight is 275 g/mol. The molecule has 0 unspecified atom stereocenters. The zero-order chi connectivity index (χ0) is 14.2. The van der Waals surface area contributed by atoms with E-state index in [1.54, 1.807) is 0 Å². The zero-order valence-corrected chi connectivity index (χ0v) is 11.6. The van der Waals surface area contributed by atoms with E-state index in [9.17, 15) is 9.90 Å². The molecule has 1 spiro atoms. The highest BCUT2D eigenvalue weighted by molar-refractivity contribution is 5.66. The van der Waals surface area contributed by atoms with Gasteiger partial charge < -0.3 is 15.1 Å². The topological polar surface area (TPSA) is 60.8 Å². The summed E-state index contributed by atoms with van der Waals surface area (Å²) in [6.45, 7) is 1.29. The van der Waals surface area contributed by atoms with Crippen LogP contribution in [-0.4, -0.2) is 39.9 Å². The minimum atomic E-state index is -0.819. The van der Waals surface area contributed by atoms with Gasteiger partial charge in [-0.1, -0.05) is 30.3 Å². The molecule has 2 aliphatic rings. The van der Waals surface area contributed by atoms with Crippen molar-refractivity contribution in [3.8, 4) is 0 Å². The van der Waals surface area contributed by atoms with Crippen LogP contribution in [-0.2, 0) is 6.42 Å². The largest absolute Gasteiger partial charge is 0.465 e. The number of carboxylic acid groups (broad SMARTS) is 1. The summed E-state index contributed by atoms with van der Waals surface area (Å²) in [7, 11) is 0. The Labute approximate surface area is 119 Å². The highest BCUT2D eigenvalue weighted by atomic mass is 16.4. The number of carbonyl (C=O) groups is 1. The molecule has 1 aliphatic carbocycles. The van der Waals surface area contributed by atoms with Crippen molar-refractivity contribution in [2.45, 2.75) is 37.7 Å². The highest BCUT2D eigenvalue weighted by Crippen LogP contribution is 2.47. The first-order chi connectivity index (χ1) is 9.50. The molecule has 2 fully saturated rings. The molecule has 3 rings (SSSR count). The van der Waals surface area contributed by atoms with Gasteiger partial charge in [-0.25, -0.2) is 4.79 Å². The van der Waals surface area contributed by atoms with Crippen LogP contribution < -0.4 is 0 Å². The van der Waals surface area contributed by atoms with Crippen LogP contribution >= 0.6 is 0 Å². The normalized spacial score (nSPS) is 23.4. The van der Waals surface area contributed by atoms with Gasteiger partial charge in [-0.3, -0.25) is 0 Å². The molecule has 1 aliphatic heterocycles. The number of hydrogen-bond acceptors (Lipinski definition) is 2. The van der Waals surface area contributed by atoms with Crippen molar-refractivity contribution >= 4 is 6.09 Å². The van der Waals surface area contributed by atoms with Crippen molar-refractivity contribution < 1.29 is 15.0 Å². The van der Waals surface area contributed by atoms with E-state index in [1.165, 1.54) is 10.5 Å². The molecule has 1 heterocycles. The molecule has 20 heavy (non-hydrogen) atoms. The first-order valence-corrected chi connectivity index (χ1v) is 7.25. The van der Waals surface area contributed by atoms with Gasteiger partial charge in [-0.15, -0.1) is 0 Å². The lowest BCUT2D eigenvalue weighted by molar-refractivity contribution is -0.0832. The van der Waals surface area contributed by atoms with Crippen molar-refractivity contribution in [1.82, 2.24) is 4.90 Å². The van der Waals surface area contributed by atoms with Gasteiger partial charge in [0.25, 0.3) is 0 Å². The number of aliphatic hydroxyl groups is 1. The average Bonchev–Trinajstić information content (AvgIpc) is 2.38. The molecule has 1 aromatic carbocycles. The fourth-order valence-corrected chi connectivity index (χ4v) is 3.61. The summed E-state index contributed by atoms with van der Waals surface area (Å²) in [5.41, 5.74) is 0.698. The van der Waals surface area contributed by atoms with E-state index < -0.39 is 11.7 Å². The van der Waals surface area contributed by atoms with Crippen LogP contribution in [0.15, 0.2) is 30.3 Å². The number of nitrogens with zero attached hydrogens (tertiary/aromatic N) is 1. The van der Waals surface area contributed by atoms with Gasteiger partial charge in [0.1, 0.15) is 0 Å². The van der Waals surface area contributed by atoms with E-state index in [-0.39, 0.29) is 5.41 Å². The van der Waals surface area contributed by atoms with Gasteiger partial charge in [0.15, 0.2) is 0 Å². The Morgan fingerprint density at radius 1 is 1.10 bits per heavy atom. The van der Waals surface area contributed by atoms with Gasteiger partial charge in [0.05, 0.1) is 5.60 Å². The van der Waals surface area contributed by atoms with E-state index in [2.05, 4.69) is 12.1 Å². The summed E-state index contributed by atoms with van der Waals surface area (Å²) in [5, 5.41) is 19.6. The maximum atomic E-state index is 10.9. The second-order valence-electron chi connectivity index (χ2n) is 6.53. The monoisotopic (exact) mass is 275 g/mol. The highest BCUT2D eigenvalue weighted by Gasteiger charge is 2.49. The summed E-state index contributed by atoms with van der Waals surface area (Å²) in [6.07, 6.45) is 3.29. The summed E-state index contributed by atoms with van der Waals surface area (Å²) in [4.78, 5) is 12.3. The van der Waals surface area contributed by atoms with Gasteiger partial charge in [-0.2, -0.15) is 0 Å². The summed E-state index contributed by atoms with van der Waals surface area (Å²) >= 11 is 0. The molecule has 0 aromatic heterocycles. The third-order valence-corrected chi connectivity index (χ3v) is 4.94. The lowest BCUT2D eigenvalue weighted by Gasteiger charge is -2.54. The van der Waals surface area contributed by atoms with Crippen molar-refractivity contribution in [2.75, 3.05) is 13.1 Å². The second kappa shape index (κ2) is 4.77. The molecular weight excluding hydrogens is 254 g/mol. The van der Waals surface area contributed by atoms with Crippen LogP contribution in [0.25, 0.3) is 0 Å². The van der Waals surface area contributed by atoms with Gasteiger partial charge in [0.2, 0.25) is 0 Å². The third kappa shape index (κ3) is 2.52. The Morgan fingerprint density at radius 3 is 2.25 bits per heavy atom. The van der Waals surface area contributed by atoms with Gasteiger partial charge in [0, 0.05) is 24.9 Å². The van der Waals surface area contributed by atoms with E-state index in [0.717, 1.165) is 25.7 Å². The molecule has 4 nitrogen and oxygen atoms in total. The fraction of sp³-hybridized carbons (Fsp3) is 0.562. The Balaban J connectivity index is 1.57. The molecule has 1 saturated heterocycles. The van der Waals surface area contributed by atoms with Crippen molar-refractivity contribution in [3.05, 3.63) is 35.9 Å². The molecule has 1 aromatic rings. The van der Waals surface area contributed by atoms with Crippen LogP contribution in [0, 0.1) is 5.41 Å². The van der Waals surface area contributed by atoms with E-state index in [4.69, 9.17) is 5.11 Å². The van der Waals surface area contributed by atoms with E-state index >= 15 is 0 Å². The molecule has 4 heteroatoms. The minimum absolute atomic E-state index is 0.140. The Kier molecular flexibility index (Phi) is 3.21. The number of amides is 1. The SMILES string of the molecule is O=C(O)N1CC2(CCC(O)(Cc3ccccc3)CC2)C1. The van der Waals surface area contributed by atoms with E-state index in [0.29, 0.717) is 19.5 Å².